The minimum Gasteiger partial charge on any atom is -0.203 e. The molecule has 6 aromatic rings. The molecule has 0 unspecified atom stereocenters. The summed E-state index contributed by atoms with van der Waals surface area (Å²) in [6.07, 6.45) is 0. The first-order valence-electron chi connectivity index (χ1n) is 11.6. The lowest BCUT2D eigenvalue weighted by molar-refractivity contribution is 0.381. The first kappa shape index (κ1) is 22.9. The van der Waals surface area contributed by atoms with Gasteiger partial charge in [-0.25, -0.2) is 22.0 Å². The van der Waals surface area contributed by atoms with E-state index in [2.05, 4.69) is 30.3 Å². The lowest BCUT2D eigenvalue weighted by atomic mass is 9.91. The minimum atomic E-state index is -2.17. The summed E-state index contributed by atoms with van der Waals surface area (Å²) in [5.41, 5.74) is 2.71. The molecule has 0 saturated carbocycles. The van der Waals surface area contributed by atoms with Crippen LogP contribution >= 0.6 is 0 Å². The van der Waals surface area contributed by atoms with E-state index in [4.69, 9.17) is 0 Å². The normalized spacial score (nSPS) is 11.4. The summed E-state index contributed by atoms with van der Waals surface area (Å²) >= 11 is 0. The highest BCUT2D eigenvalue weighted by Gasteiger charge is 2.27. The molecule has 37 heavy (non-hydrogen) atoms. The summed E-state index contributed by atoms with van der Waals surface area (Å²) < 4.78 is 70.7. The second-order valence-corrected chi connectivity index (χ2v) is 8.79. The summed E-state index contributed by atoms with van der Waals surface area (Å²) in [7, 11) is 0. The van der Waals surface area contributed by atoms with Gasteiger partial charge in [0.2, 0.25) is 5.82 Å². The molecule has 6 aromatic carbocycles. The third kappa shape index (κ3) is 3.75. The van der Waals surface area contributed by atoms with Gasteiger partial charge in [0.25, 0.3) is 0 Å². The van der Waals surface area contributed by atoms with Crippen molar-refractivity contribution in [3.05, 3.63) is 132 Å². The molecule has 0 aliphatic rings. The number of benzene rings is 6. The number of halogens is 5. The molecule has 0 aromatic heterocycles. The van der Waals surface area contributed by atoms with Crippen molar-refractivity contribution in [3.63, 3.8) is 0 Å². The highest BCUT2D eigenvalue weighted by atomic mass is 19.2. The van der Waals surface area contributed by atoms with Crippen LogP contribution in [-0.2, 0) is 0 Å². The number of hydrogen-bond donors (Lipinski definition) is 0. The van der Waals surface area contributed by atoms with Gasteiger partial charge < -0.3 is 0 Å². The van der Waals surface area contributed by atoms with E-state index in [1.54, 1.807) is 30.3 Å². The van der Waals surface area contributed by atoms with Gasteiger partial charge in [-0.15, -0.1) is 0 Å². The van der Waals surface area contributed by atoms with Crippen molar-refractivity contribution >= 4 is 21.5 Å². The second kappa shape index (κ2) is 8.86. The van der Waals surface area contributed by atoms with Crippen LogP contribution in [0.25, 0.3) is 54.9 Å². The van der Waals surface area contributed by atoms with Crippen LogP contribution in [0, 0.1) is 29.1 Å². The fourth-order valence-electron chi connectivity index (χ4n) is 4.82. The van der Waals surface area contributed by atoms with Gasteiger partial charge in [0.15, 0.2) is 23.3 Å². The Morgan fingerprint density at radius 1 is 0.351 bits per heavy atom. The molecule has 6 rings (SSSR count). The molecule has 0 N–H and O–H groups in total. The van der Waals surface area contributed by atoms with Crippen molar-refractivity contribution < 1.29 is 22.0 Å². The quantitative estimate of drug-likeness (QED) is 0.130. The molecule has 0 saturated heterocycles. The van der Waals surface area contributed by atoms with Crippen molar-refractivity contribution in [3.8, 4) is 33.4 Å². The third-order valence-electron chi connectivity index (χ3n) is 6.68. The van der Waals surface area contributed by atoms with Crippen LogP contribution in [0.3, 0.4) is 0 Å². The van der Waals surface area contributed by atoms with Gasteiger partial charge in [0.05, 0.1) is 5.56 Å². The largest absolute Gasteiger partial charge is 0.203 e. The Morgan fingerprint density at radius 2 is 0.838 bits per heavy atom. The van der Waals surface area contributed by atoms with Crippen LogP contribution in [0.4, 0.5) is 22.0 Å². The molecule has 0 heterocycles. The summed E-state index contributed by atoms with van der Waals surface area (Å²) in [6, 6.07) is 32.1. The Kier molecular flexibility index (Phi) is 5.49. The predicted octanol–water partition coefficient (Wildman–Crippen LogP) is 9.69. The molecular weight excluding hydrogens is 479 g/mol. The van der Waals surface area contributed by atoms with E-state index < -0.39 is 34.6 Å². The van der Waals surface area contributed by atoms with Crippen LogP contribution in [0.2, 0.25) is 0 Å². The van der Waals surface area contributed by atoms with Crippen molar-refractivity contribution in [2.75, 3.05) is 0 Å². The molecule has 5 heteroatoms. The van der Waals surface area contributed by atoms with Gasteiger partial charge in [-0.3, -0.25) is 0 Å². The highest BCUT2D eigenvalue weighted by Crippen LogP contribution is 2.39. The van der Waals surface area contributed by atoms with Gasteiger partial charge in [-0.2, -0.15) is 0 Å². The fraction of sp³-hybridized carbons (Fsp3) is 0. The monoisotopic (exact) mass is 496 g/mol. The standard InChI is InChI=1S/C32H17F5/c33-28-27(29(34)31(36)32(37)30(28)35)26-16-15-23(24-7-3-4-8-25(24)26)20-12-9-19(10-13-20)22-14-11-18-5-1-2-6-21(18)17-22/h1-17H. The second-order valence-electron chi connectivity index (χ2n) is 8.79. The Hall–Kier alpha value is -4.51. The Morgan fingerprint density at radius 3 is 1.51 bits per heavy atom. The van der Waals surface area contributed by atoms with Crippen LogP contribution in [0.15, 0.2) is 103 Å². The van der Waals surface area contributed by atoms with Crippen LogP contribution < -0.4 is 0 Å². The van der Waals surface area contributed by atoms with E-state index in [9.17, 15) is 22.0 Å². The molecule has 0 bridgehead atoms. The van der Waals surface area contributed by atoms with E-state index in [-0.39, 0.29) is 5.56 Å². The highest BCUT2D eigenvalue weighted by molar-refractivity contribution is 6.05. The molecule has 0 fully saturated rings. The van der Waals surface area contributed by atoms with E-state index >= 15 is 0 Å². The molecule has 0 aliphatic carbocycles. The van der Waals surface area contributed by atoms with Crippen molar-refractivity contribution in [2.24, 2.45) is 0 Å². The van der Waals surface area contributed by atoms with Crippen molar-refractivity contribution in [2.45, 2.75) is 0 Å². The summed E-state index contributed by atoms with van der Waals surface area (Å²) in [5, 5.41) is 3.30. The molecule has 0 radical (unpaired) electrons. The molecule has 0 spiro atoms. The zero-order valence-corrected chi connectivity index (χ0v) is 19.2. The van der Waals surface area contributed by atoms with Gasteiger partial charge in [-0.1, -0.05) is 97.1 Å². The third-order valence-corrected chi connectivity index (χ3v) is 6.68. The summed E-state index contributed by atoms with van der Waals surface area (Å²) in [6.45, 7) is 0. The predicted molar refractivity (Wildman–Crippen MR) is 138 cm³/mol. The van der Waals surface area contributed by atoms with Crippen LogP contribution in [0.5, 0.6) is 0 Å². The van der Waals surface area contributed by atoms with E-state index in [0.717, 1.165) is 33.0 Å². The van der Waals surface area contributed by atoms with Crippen LogP contribution in [0.1, 0.15) is 0 Å². The summed E-state index contributed by atoms with van der Waals surface area (Å²) in [4.78, 5) is 0. The van der Waals surface area contributed by atoms with E-state index in [0.29, 0.717) is 10.8 Å². The Balaban J connectivity index is 1.46. The number of rotatable bonds is 3. The average molecular weight is 496 g/mol. The maximum atomic E-state index is 14.6. The maximum absolute atomic E-state index is 14.6. The maximum Gasteiger partial charge on any atom is 0.200 e. The average Bonchev–Trinajstić information content (AvgIpc) is 2.95. The summed E-state index contributed by atoms with van der Waals surface area (Å²) in [5.74, 6) is -9.81. The van der Waals surface area contributed by atoms with Gasteiger partial charge in [-0.05, 0) is 55.4 Å². The van der Waals surface area contributed by atoms with E-state index in [1.165, 1.54) is 6.07 Å². The Bertz CT molecular complexity index is 1790. The molecular formula is C32H17F5. The SMILES string of the molecule is Fc1c(F)c(F)c(-c2ccc(-c3ccc(-c4ccc5ccccc5c4)cc3)c3ccccc23)c(F)c1F. The smallest absolute Gasteiger partial charge is 0.200 e. The van der Waals surface area contributed by atoms with Crippen molar-refractivity contribution in [1.82, 2.24) is 0 Å². The van der Waals surface area contributed by atoms with Crippen molar-refractivity contribution in [1.29, 1.82) is 0 Å². The molecule has 0 aliphatic heterocycles. The molecule has 0 atom stereocenters. The molecule has 0 nitrogen and oxygen atoms in total. The van der Waals surface area contributed by atoms with E-state index in [1.807, 2.05) is 36.4 Å². The topological polar surface area (TPSA) is 0 Å². The van der Waals surface area contributed by atoms with Gasteiger partial charge >= 0.3 is 0 Å². The number of fused-ring (bicyclic) bond motifs is 2. The zero-order chi connectivity index (χ0) is 25.7. The van der Waals surface area contributed by atoms with Gasteiger partial charge in [0.1, 0.15) is 0 Å². The van der Waals surface area contributed by atoms with Gasteiger partial charge in [0, 0.05) is 0 Å². The lowest BCUT2D eigenvalue weighted by Gasteiger charge is -2.14. The number of hydrogen-bond acceptors (Lipinski definition) is 0. The lowest BCUT2D eigenvalue weighted by Crippen LogP contribution is -2.04. The molecule has 0 amide bonds. The fourth-order valence-corrected chi connectivity index (χ4v) is 4.82. The first-order valence-corrected chi connectivity index (χ1v) is 11.6. The first-order chi connectivity index (χ1) is 17.9. The molecule has 180 valence electrons. The Labute approximate surface area is 209 Å². The zero-order valence-electron chi connectivity index (χ0n) is 19.2. The van der Waals surface area contributed by atoms with Crippen LogP contribution in [-0.4, -0.2) is 0 Å². The minimum absolute atomic E-state index is 0.0695.